The summed E-state index contributed by atoms with van der Waals surface area (Å²) in [7, 11) is 3.63. The van der Waals surface area contributed by atoms with E-state index < -0.39 is 5.97 Å². The molecule has 2 rings (SSSR count). The molecule has 4 nitrogen and oxygen atoms in total. The summed E-state index contributed by atoms with van der Waals surface area (Å²) in [6, 6.07) is 6.16. The van der Waals surface area contributed by atoms with E-state index >= 15 is 0 Å². The Morgan fingerprint density at radius 3 is 2.63 bits per heavy atom. The normalized spacial score (nSPS) is 21.3. The molecule has 2 atom stereocenters. The predicted octanol–water partition coefficient (Wildman–Crippen LogP) is 2.73. The van der Waals surface area contributed by atoms with E-state index in [-0.39, 0.29) is 12.0 Å². The Hall–Kier alpha value is -1.71. The molecular formula is C15H21NO3. The zero-order valence-corrected chi connectivity index (χ0v) is 11.9. The van der Waals surface area contributed by atoms with Gasteiger partial charge in [-0.15, -0.1) is 0 Å². The molecule has 19 heavy (non-hydrogen) atoms. The zero-order valence-electron chi connectivity index (χ0n) is 11.9. The van der Waals surface area contributed by atoms with Gasteiger partial charge in [0.15, 0.2) is 0 Å². The van der Waals surface area contributed by atoms with E-state index in [9.17, 15) is 4.79 Å². The number of ether oxygens (including phenoxy) is 1. The molecule has 1 fully saturated rings. The zero-order chi connectivity index (χ0) is 14.2. The van der Waals surface area contributed by atoms with E-state index in [0.717, 1.165) is 23.4 Å². The summed E-state index contributed by atoms with van der Waals surface area (Å²) in [5.74, 6) is 0.333. The summed E-state index contributed by atoms with van der Waals surface area (Å²) in [6.07, 6.45) is 0.731. The molecule has 0 saturated heterocycles. The maximum Gasteiger partial charge on any atom is 0.308 e. The molecular weight excluding hydrogens is 242 g/mol. The standard InChI is InChI=1S/C15H21NO3/c1-9(2)11-7-10(5-6-14(11)19-4)16(3)13-8-12(13)15(17)18/h5-7,9,12-13H,8H2,1-4H3,(H,17,18). The first-order chi connectivity index (χ1) is 8.95. The molecule has 0 aromatic heterocycles. The van der Waals surface area contributed by atoms with Crippen molar-refractivity contribution in [2.24, 2.45) is 5.92 Å². The first kappa shape index (κ1) is 13.7. The molecule has 0 amide bonds. The number of nitrogens with zero attached hydrogens (tertiary/aromatic N) is 1. The van der Waals surface area contributed by atoms with Crippen molar-refractivity contribution in [1.29, 1.82) is 0 Å². The maximum absolute atomic E-state index is 10.9. The molecule has 0 bridgehead atoms. The third kappa shape index (κ3) is 2.67. The number of aliphatic carboxylic acids is 1. The average molecular weight is 263 g/mol. The highest BCUT2D eigenvalue weighted by Crippen LogP contribution is 2.39. The van der Waals surface area contributed by atoms with Crippen molar-refractivity contribution in [3.8, 4) is 5.75 Å². The van der Waals surface area contributed by atoms with Gasteiger partial charge in [-0.05, 0) is 36.1 Å². The second-order valence-electron chi connectivity index (χ2n) is 5.44. The highest BCUT2D eigenvalue weighted by molar-refractivity contribution is 5.76. The van der Waals surface area contributed by atoms with Gasteiger partial charge in [0.1, 0.15) is 5.75 Å². The van der Waals surface area contributed by atoms with Gasteiger partial charge in [0.2, 0.25) is 0 Å². The lowest BCUT2D eigenvalue weighted by Gasteiger charge is -2.22. The minimum atomic E-state index is -0.700. The van der Waals surface area contributed by atoms with Crippen LogP contribution in [0.2, 0.25) is 0 Å². The minimum Gasteiger partial charge on any atom is -0.496 e. The SMILES string of the molecule is COc1ccc(N(C)C2CC2C(=O)O)cc1C(C)C. The number of carbonyl (C=O) groups is 1. The molecule has 2 unspecified atom stereocenters. The van der Waals surface area contributed by atoms with Gasteiger partial charge in [0.05, 0.1) is 13.0 Å². The fraction of sp³-hybridized carbons (Fsp3) is 0.533. The fourth-order valence-corrected chi connectivity index (χ4v) is 2.46. The topological polar surface area (TPSA) is 49.8 Å². The minimum absolute atomic E-state index is 0.117. The Bertz CT molecular complexity index is 484. The summed E-state index contributed by atoms with van der Waals surface area (Å²) in [6.45, 7) is 4.25. The molecule has 4 heteroatoms. The lowest BCUT2D eigenvalue weighted by atomic mass is 10.0. The lowest BCUT2D eigenvalue weighted by molar-refractivity contribution is -0.138. The molecule has 1 aromatic rings. The van der Waals surface area contributed by atoms with Gasteiger partial charge in [-0.1, -0.05) is 13.8 Å². The number of anilines is 1. The van der Waals surface area contributed by atoms with E-state index in [1.807, 2.05) is 19.2 Å². The molecule has 1 N–H and O–H groups in total. The molecule has 0 radical (unpaired) electrons. The third-order valence-corrected chi connectivity index (χ3v) is 3.81. The van der Waals surface area contributed by atoms with Crippen molar-refractivity contribution in [3.05, 3.63) is 23.8 Å². The van der Waals surface area contributed by atoms with E-state index in [2.05, 4.69) is 24.8 Å². The second kappa shape index (κ2) is 5.11. The van der Waals surface area contributed by atoms with Crippen molar-refractivity contribution in [2.75, 3.05) is 19.1 Å². The van der Waals surface area contributed by atoms with Crippen LogP contribution in [0.1, 0.15) is 31.7 Å². The molecule has 0 heterocycles. The molecule has 1 aliphatic carbocycles. The Balaban J connectivity index is 2.21. The molecule has 0 aliphatic heterocycles. The number of benzene rings is 1. The van der Waals surface area contributed by atoms with Crippen molar-refractivity contribution in [3.63, 3.8) is 0 Å². The fourth-order valence-electron chi connectivity index (χ4n) is 2.46. The van der Waals surface area contributed by atoms with Crippen LogP contribution in [0.4, 0.5) is 5.69 Å². The predicted molar refractivity (Wildman–Crippen MR) is 75.0 cm³/mol. The molecule has 0 spiro atoms. The third-order valence-electron chi connectivity index (χ3n) is 3.81. The number of methoxy groups -OCH3 is 1. The van der Waals surface area contributed by atoms with Gasteiger partial charge in [0.25, 0.3) is 0 Å². The van der Waals surface area contributed by atoms with Crippen LogP contribution in [0.15, 0.2) is 18.2 Å². The largest absolute Gasteiger partial charge is 0.496 e. The number of hydrogen-bond donors (Lipinski definition) is 1. The monoisotopic (exact) mass is 263 g/mol. The van der Waals surface area contributed by atoms with Gasteiger partial charge < -0.3 is 14.7 Å². The van der Waals surface area contributed by atoms with E-state index in [0.29, 0.717) is 5.92 Å². The van der Waals surface area contributed by atoms with Gasteiger partial charge >= 0.3 is 5.97 Å². The van der Waals surface area contributed by atoms with Crippen LogP contribution in [-0.2, 0) is 4.79 Å². The van der Waals surface area contributed by atoms with Crippen LogP contribution in [0.25, 0.3) is 0 Å². The number of rotatable bonds is 5. The summed E-state index contributed by atoms with van der Waals surface area (Å²) < 4.78 is 5.36. The van der Waals surface area contributed by atoms with Crippen molar-refractivity contribution in [2.45, 2.75) is 32.2 Å². The number of carboxylic acid groups (broad SMARTS) is 1. The van der Waals surface area contributed by atoms with Crippen LogP contribution < -0.4 is 9.64 Å². The van der Waals surface area contributed by atoms with Crippen LogP contribution >= 0.6 is 0 Å². The molecule has 1 saturated carbocycles. The van der Waals surface area contributed by atoms with Crippen LogP contribution in [0.3, 0.4) is 0 Å². The molecule has 104 valence electrons. The summed E-state index contributed by atoms with van der Waals surface area (Å²) in [4.78, 5) is 13.0. The van der Waals surface area contributed by atoms with Crippen molar-refractivity contribution < 1.29 is 14.6 Å². The summed E-state index contributed by atoms with van der Waals surface area (Å²) in [5.41, 5.74) is 2.21. The number of carboxylic acids is 1. The van der Waals surface area contributed by atoms with E-state index in [1.54, 1.807) is 7.11 Å². The molecule has 1 aromatic carbocycles. The van der Waals surface area contributed by atoms with Gasteiger partial charge in [-0.25, -0.2) is 0 Å². The first-order valence-corrected chi connectivity index (χ1v) is 6.59. The van der Waals surface area contributed by atoms with Gasteiger partial charge in [-0.2, -0.15) is 0 Å². The maximum atomic E-state index is 10.9. The van der Waals surface area contributed by atoms with E-state index in [4.69, 9.17) is 9.84 Å². The highest BCUT2D eigenvalue weighted by Gasteiger charge is 2.46. The Kier molecular flexibility index (Phi) is 3.69. The van der Waals surface area contributed by atoms with E-state index in [1.165, 1.54) is 0 Å². The van der Waals surface area contributed by atoms with Crippen LogP contribution in [0, 0.1) is 5.92 Å². The van der Waals surface area contributed by atoms with Crippen molar-refractivity contribution >= 4 is 11.7 Å². The molecule has 1 aliphatic rings. The van der Waals surface area contributed by atoms with Gasteiger partial charge in [-0.3, -0.25) is 4.79 Å². The Morgan fingerprint density at radius 2 is 2.16 bits per heavy atom. The Labute approximate surface area is 114 Å². The van der Waals surface area contributed by atoms with Gasteiger partial charge in [0, 0.05) is 18.8 Å². The second-order valence-corrected chi connectivity index (χ2v) is 5.44. The van der Waals surface area contributed by atoms with Crippen LogP contribution in [-0.4, -0.2) is 31.3 Å². The number of hydrogen-bond acceptors (Lipinski definition) is 3. The smallest absolute Gasteiger partial charge is 0.308 e. The van der Waals surface area contributed by atoms with Crippen LogP contribution in [0.5, 0.6) is 5.75 Å². The highest BCUT2D eigenvalue weighted by atomic mass is 16.5. The first-order valence-electron chi connectivity index (χ1n) is 6.59. The summed E-state index contributed by atoms with van der Waals surface area (Å²) >= 11 is 0. The lowest BCUT2D eigenvalue weighted by Crippen LogP contribution is -2.23. The quantitative estimate of drug-likeness (QED) is 0.887. The summed E-state index contributed by atoms with van der Waals surface area (Å²) in [5, 5.41) is 9.00. The van der Waals surface area contributed by atoms with Crippen molar-refractivity contribution in [1.82, 2.24) is 0 Å². The Morgan fingerprint density at radius 1 is 1.47 bits per heavy atom. The average Bonchev–Trinajstić information content (AvgIpc) is 3.17.